The smallest absolute Gasteiger partial charge is 0.221 e. The van der Waals surface area contributed by atoms with Crippen molar-refractivity contribution in [2.45, 2.75) is 32.1 Å². The molecule has 0 aromatic carbocycles. The molecule has 0 aromatic rings. The van der Waals surface area contributed by atoms with Crippen molar-refractivity contribution in [3.63, 3.8) is 0 Å². The number of halogens is 2. The van der Waals surface area contributed by atoms with Gasteiger partial charge < -0.3 is 0 Å². The molecule has 0 radical (unpaired) electrons. The molecule has 0 aromatic heterocycles. The molecule has 10 heavy (non-hydrogen) atoms. The summed E-state index contributed by atoms with van der Waals surface area (Å²) < 4.78 is 0. The van der Waals surface area contributed by atoms with E-state index >= 15 is 0 Å². The SMILES string of the molecule is O=C(Cl)CCCCCCBr. The Bertz CT molecular complexity index is 95.6. The van der Waals surface area contributed by atoms with E-state index in [0.29, 0.717) is 6.42 Å². The molecule has 0 atom stereocenters. The van der Waals surface area contributed by atoms with Crippen molar-refractivity contribution in [1.82, 2.24) is 0 Å². The summed E-state index contributed by atoms with van der Waals surface area (Å²) in [5.41, 5.74) is 0. The Morgan fingerprint density at radius 3 is 2.30 bits per heavy atom. The highest BCUT2D eigenvalue weighted by Crippen LogP contribution is 2.05. The predicted octanol–water partition coefficient (Wildman–Crippen LogP) is 3.10. The maximum absolute atomic E-state index is 10.2. The van der Waals surface area contributed by atoms with Crippen LogP contribution in [0.4, 0.5) is 0 Å². The van der Waals surface area contributed by atoms with E-state index < -0.39 is 0 Å². The van der Waals surface area contributed by atoms with Crippen molar-refractivity contribution in [2.24, 2.45) is 0 Å². The van der Waals surface area contributed by atoms with Gasteiger partial charge in [-0.05, 0) is 24.4 Å². The minimum atomic E-state index is -0.209. The number of hydrogen-bond donors (Lipinski definition) is 0. The third-order valence-corrected chi connectivity index (χ3v) is 2.01. The highest BCUT2D eigenvalue weighted by Gasteiger charge is 1.94. The zero-order valence-corrected chi connectivity index (χ0v) is 8.25. The van der Waals surface area contributed by atoms with Crippen molar-refractivity contribution < 1.29 is 4.79 Å². The molecule has 60 valence electrons. The summed E-state index contributed by atoms with van der Waals surface area (Å²) in [4.78, 5) is 10.2. The number of alkyl halides is 1. The Labute approximate surface area is 75.3 Å². The van der Waals surface area contributed by atoms with Crippen LogP contribution in [-0.4, -0.2) is 10.6 Å². The normalized spacial score (nSPS) is 9.80. The highest BCUT2D eigenvalue weighted by molar-refractivity contribution is 9.09. The van der Waals surface area contributed by atoms with E-state index in [1.54, 1.807) is 0 Å². The molecule has 0 saturated carbocycles. The van der Waals surface area contributed by atoms with Crippen LogP contribution >= 0.6 is 27.5 Å². The van der Waals surface area contributed by atoms with Gasteiger partial charge in [-0.2, -0.15) is 0 Å². The lowest BCUT2D eigenvalue weighted by Crippen LogP contribution is -1.86. The lowest BCUT2D eigenvalue weighted by molar-refractivity contribution is -0.111. The molecule has 0 saturated heterocycles. The number of hydrogen-bond acceptors (Lipinski definition) is 1. The van der Waals surface area contributed by atoms with E-state index in [1.165, 1.54) is 12.8 Å². The molecule has 0 unspecified atom stereocenters. The maximum atomic E-state index is 10.2. The Balaban J connectivity index is 2.84. The van der Waals surface area contributed by atoms with Gasteiger partial charge in [-0.15, -0.1) is 0 Å². The summed E-state index contributed by atoms with van der Waals surface area (Å²) in [7, 11) is 0. The Morgan fingerprint density at radius 1 is 1.20 bits per heavy atom. The van der Waals surface area contributed by atoms with E-state index in [2.05, 4.69) is 15.9 Å². The molecule has 0 aliphatic heterocycles. The Hall–Kier alpha value is 0.440. The van der Waals surface area contributed by atoms with Gasteiger partial charge >= 0.3 is 0 Å². The minimum absolute atomic E-state index is 0.209. The van der Waals surface area contributed by atoms with Gasteiger partial charge in [0.1, 0.15) is 0 Å². The van der Waals surface area contributed by atoms with Crippen LogP contribution in [0.25, 0.3) is 0 Å². The fourth-order valence-corrected chi connectivity index (χ4v) is 1.24. The van der Waals surface area contributed by atoms with Gasteiger partial charge in [0.25, 0.3) is 0 Å². The second-order valence-electron chi connectivity index (χ2n) is 2.21. The zero-order valence-electron chi connectivity index (χ0n) is 5.91. The Kier molecular flexibility index (Phi) is 7.88. The summed E-state index contributed by atoms with van der Waals surface area (Å²) in [5, 5.41) is 0.848. The zero-order chi connectivity index (χ0) is 7.82. The van der Waals surface area contributed by atoms with Crippen molar-refractivity contribution in [3.05, 3.63) is 0 Å². The molecule has 0 aliphatic carbocycles. The van der Waals surface area contributed by atoms with Gasteiger partial charge in [0.05, 0.1) is 0 Å². The monoisotopic (exact) mass is 226 g/mol. The standard InChI is InChI=1S/C7H12BrClO/c8-6-4-2-1-3-5-7(9)10/h1-6H2. The summed E-state index contributed by atoms with van der Waals surface area (Å²) in [6.45, 7) is 0. The first-order valence-corrected chi connectivity index (χ1v) is 5.01. The predicted molar refractivity (Wildman–Crippen MR) is 47.7 cm³/mol. The van der Waals surface area contributed by atoms with E-state index in [0.717, 1.165) is 18.2 Å². The van der Waals surface area contributed by atoms with E-state index in [9.17, 15) is 4.79 Å². The molecule has 0 aliphatic rings. The third-order valence-electron chi connectivity index (χ3n) is 1.26. The van der Waals surface area contributed by atoms with Crippen LogP contribution in [0.1, 0.15) is 32.1 Å². The second-order valence-corrected chi connectivity index (χ2v) is 3.42. The highest BCUT2D eigenvalue weighted by atomic mass is 79.9. The minimum Gasteiger partial charge on any atom is -0.281 e. The van der Waals surface area contributed by atoms with Gasteiger partial charge in [0.15, 0.2) is 0 Å². The fourth-order valence-electron chi connectivity index (χ4n) is 0.712. The summed E-state index contributed by atoms with van der Waals surface area (Å²) in [5.74, 6) is 0. The summed E-state index contributed by atoms with van der Waals surface area (Å²) in [6.07, 6.45) is 4.97. The molecule has 0 N–H and O–H groups in total. The number of carbonyl (C=O) groups excluding carboxylic acids is 1. The van der Waals surface area contributed by atoms with E-state index in [-0.39, 0.29) is 5.24 Å². The fraction of sp³-hybridized carbons (Fsp3) is 0.857. The first-order chi connectivity index (χ1) is 4.77. The first-order valence-electron chi connectivity index (χ1n) is 3.51. The van der Waals surface area contributed by atoms with Crippen molar-refractivity contribution >= 4 is 32.8 Å². The topological polar surface area (TPSA) is 17.1 Å². The number of carbonyl (C=O) groups is 1. The average Bonchev–Trinajstić information content (AvgIpc) is 1.87. The van der Waals surface area contributed by atoms with Crippen LogP contribution in [0.2, 0.25) is 0 Å². The summed E-state index contributed by atoms with van der Waals surface area (Å²) >= 11 is 8.48. The molecule has 1 nitrogen and oxygen atoms in total. The molecule has 3 heteroatoms. The van der Waals surface area contributed by atoms with Crippen molar-refractivity contribution in [3.8, 4) is 0 Å². The van der Waals surface area contributed by atoms with Crippen LogP contribution in [-0.2, 0) is 4.79 Å². The van der Waals surface area contributed by atoms with E-state index in [1.807, 2.05) is 0 Å². The second kappa shape index (κ2) is 7.55. The van der Waals surface area contributed by atoms with Crippen LogP contribution in [0.15, 0.2) is 0 Å². The van der Waals surface area contributed by atoms with Gasteiger partial charge in [-0.3, -0.25) is 4.79 Å². The van der Waals surface area contributed by atoms with Gasteiger partial charge in [-0.1, -0.05) is 28.8 Å². The molecular formula is C7H12BrClO. The lowest BCUT2D eigenvalue weighted by Gasteiger charge is -1.94. The lowest BCUT2D eigenvalue weighted by atomic mass is 10.2. The first kappa shape index (κ1) is 10.4. The van der Waals surface area contributed by atoms with Crippen LogP contribution in [0.3, 0.4) is 0 Å². The van der Waals surface area contributed by atoms with Gasteiger partial charge in [-0.25, -0.2) is 0 Å². The van der Waals surface area contributed by atoms with Crippen molar-refractivity contribution in [2.75, 3.05) is 5.33 Å². The van der Waals surface area contributed by atoms with Gasteiger partial charge in [0, 0.05) is 11.8 Å². The molecule has 0 heterocycles. The van der Waals surface area contributed by atoms with E-state index in [4.69, 9.17) is 11.6 Å². The van der Waals surface area contributed by atoms with Crippen LogP contribution in [0, 0.1) is 0 Å². The molecule has 0 bridgehead atoms. The average molecular weight is 228 g/mol. The molecule has 0 spiro atoms. The maximum Gasteiger partial charge on any atom is 0.221 e. The molecule has 0 amide bonds. The third kappa shape index (κ3) is 8.44. The van der Waals surface area contributed by atoms with Crippen molar-refractivity contribution in [1.29, 1.82) is 0 Å². The molecule has 0 rings (SSSR count). The van der Waals surface area contributed by atoms with Crippen LogP contribution in [0.5, 0.6) is 0 Å². The summed E-state index contributed by atoms with van der Waals surface area (Å²) in [6, 6.07) is 0. The Morgan fingerprint density at radius 2 is 1.80 bits per heavy atom. The number of rotatable bonds is 6. The molecule has 0 fully saturated rings. The van der Waals surface area contributed by atoms with Crippen LogP contribution < -0.4 is 0 Å². The quantitative estimate of drug-likeness (QED) is 0.387. The number of unbranched alkanes of at least 4 members (excludes halogenated alkanes) is 3. The van der Waals surface area contributed by atoms with Gasteiger partial charge in [0.2, 0.25) is 5.24 Å². The largest absolute Gasteiger partial charge is 0.281 e. The molecular weight excluding hydrogens is 215 g/mol.